The molecule has 0 atom stereocenters. The quantitative estimate of drug-likeness (QED) is 0.798. The highest BCUT2D eigenvalue weighted by Gasteiger charge is 2.13. The molecule has 2 rings (SSSR count). The highest BCUT2D eigenvalue weighted by atomic mass is 16.5. The maximum absolute atomic E-state index is 11.8. The minimum absolute atomic E-state index is 0.0603. The number of hydrogen-bond acceptors (Lipinski definition) is 5. The summed E-state index contributed by atoms with van der Waals surface area (Å²) in [5.74, 6) is 0.500. The monoisotopic (exact) mass is 293 g/mol. The van der Waals surface area contributed by atoms with E-state index in [1.165, 1.54) is 0 Å². The maximum Gasteiger partial charge on any atom is 0.226 e. The van der Waals surface area contributed by atoms with Gasteiger partial charge in [-0.1, -0.05) is 0 Å². The lowest BCUT2D eigenvalue weighted by molar-refractivity contribution is -0.117. The highest BCUT2D eigenvalue weighted by molar-refractivity contribution is 5.90. The van der Waals surface area contributed by atoms with Gasteiger partial charge in [-0.2, -0.15) is 0 Å². The normalized spacial score (nSPS) is 15.7. The number of nitrogens with zero attached hydrogens (tertiary/aromatic N) is 1. The van der Waals surface area contributed by atoms with Crippen LogP contribution in [-0.4, -0.2) is 43.3 Å². The van der Waals surface area contributed by atoms with Crippen molar-refractivity contribution in [2.75, 3.05) is 31.6 Å². The second-order valence-corrected chi connectivity index (χ2v) is 4.94. The van der Waals surface area contributed by atoms with E-state index in [4.69, 9.17) is 9.47 Å². The van der Waals surface area contributed by atoms with E-state index in [1.54, 1.807) is 18.3 Å². The van der Waals surface area contributed by atoms with Gasteiger partial charge in [0, 0.05) is 6.07 Å². The number of amides is 1. The molecule has 0 spiro atoms. The summed E-state index contributed by atoms with van der Waals surface area (Å²) in [5, 5.41) is 6.08. The van der Waals surface area contributed by atoms with E-state index in [9.17, 15) is 4.79 Å². The topological polar surface area (TPSA) is 72.5 Å². The molecule has 0 saturated carbocycles. The van der Waals surface area contributed by atoms with Gasteiger partial charge < -0.3 is 20.1 Å². The molecule has 21 heavy (non-hydrogen) atoms. The number of pyridine rings is 1. The molecular formula is C15H23N3O3. The summed E-state index contributed by atoms with van der Waals surface area (Å²) in [6.07, 6.45) is 4.27. The molecule has 6 heteroatoms. The average Bonchev–Trinajstić information content (AvgIpc) is 2.51. The first-order chi connectivity index (χ1) is 10.3. The third-order valence-electron chi connectivity index (χ3n) is 3.28. The lowest BCUT2D eigenvalue weighted by Gasteiger charge is -2.22. The van der Waals surface area contributed by atoms with Crippen molar-refractivity contribution in [3.63, 3.8) is 0 Å². The molecule has 1 saturated heterocycles. The average molecular weight is 293 g/mol. The van der Waals surface area contributed by atoms with Crippen LogP contribution in [0.15, 0.2) is 18.3 Å². The van der Waals surface area contributed by atoms with Gasteiger partial charge in [0.2, 0.25) is 11.8 Å². The van der Waals surface area contributed by atoms with E-state index < -0.39 is 0 Å². The summed E-state index contributed by atoms with van der Waals surface area (Å²) in [7, 11) is 0. The van der Waals surface area contributed by atoms with Crippen LogP contribution in [0.25, 0.3) is 0 Å². The van der Waals surface area contributed by atoms with Crippen LogP contribution in [0.4, 0.5) is 5.69 Å². The predicted octanol–water partition coefficient (Wildman–Crippen LogP) is 1.58. The SMILES string of the molecule is CCOc1ccc(NC(=O)CCOC2CCNCC2)cn1. The van der Waals surface area contributed by atoms with Gasteiger partial charge in [-0.3, -0.25) is 4.79 Å². The van der Waals surface area contributed by atoms with Gasteiger partial charge in [0.25, 0.3) is 0 Å². The Bertz CT molecular complexity index is 430. The number of ether oxygens (including phenoxy) is 2. The van der Waals surface area contributed by atoms with Crippen molar-refractivity contribution < 1.29 is 14.3 Å². The number of carbonyl (C=O) groups excluding carboxylic acids is 1. The van der Waals surface area contributed by atoms with E-state index in [1.807, 2.05) is 6.92 Å². The van der Waals surface area contributed by atoms with E-state index in [0.29, 0.717) is 31.2 Å². The van der Waals surface area contributed by atoms with Gasteiger partial charge in [-0.15, -0.1) is 0 Å². The Kier molecular flexibility index (Phi) is 6.43. The summed E-state index contributed by atoms with van der Waals surface area (Å²) in [5.41, 5.74) is 0.672. The molecule has 0 bridgehead atoms. The van der Waals surface area contributed by atoms with Crippen LogP contribution in [-0.2, 0) is 9.53 Å². The Labute approximate surface area is 125 Å². The molecule has 0 radical (unpaired) electrons. The Hall–Kier alpha value is -1.66. The van der Waals surface area contributed by atoms with Crippen LogP contribution in [0.3, 0.4) is 0 Å². The fourth-order valence-electron chi connectivity index (χ4n) is 2.19. The smallest absolute Gasteiger partial charge is 0.226 e. The summed E-state index contributed by atoms with van der Waals surface area (Å²) in [6, 6.07) is 3.52. The molecule has 1 aliphatic heterocycles. The van der Waals surface area contributed by atoms with Crippen LogP contribution in [0, 0.1) is 0 Å². The number of nitrogens with one attached hydrogen (secondary N) is 2. The fraction of sp³-hybridized carbons (Fsp3) is 0.600. The minimum Gasteiger partial charge on any atom is -0.478 e. The van der Waals surface area contributed by atoms with Gasteiger partial charge in [-0.05, 0) is 38.9 Å². The molecular weight excluding hydrogens is 270 g/mol. The molecule has 1 aromatic rings. The molecule has 1 aromatic heterocycles. The molecule has 1 aliphatic rings. The Morgan fingerprint density at radius 1 is 1.43 bits per heavy atom. The second-order valence-electron chi connectivity index (χ2n) is 4.94. The van der Waals surface area contributed by atoms with Crippen LogP contribution in [0.1, 0.15) is 26.2 Å². The molecule has 116 valence electrons. The van der Waals surface area contributed by atoms with Crippen molar-refractivity contribution in [1.29, 1.82) is 0 Å². The maximum atomic E-state index is 11.8. The lowest BCUT2D eigenvalue weighted by Crippen LogP contribution is -2.33. The van der Waals surface area contributed by atoms with Crippen molar-refractivity contribution >= 4 is 11.6 Å². The minimum atomic E-state index is -0.0603. The number of anilines is 1. The molecule has 6 nitrogen and oxygen atoms in total. The summed E-state index contributed by atoms with van der Waals surface area (Å²) < 4.78 is 11.0. The van der Waals surface area contributed by atoms with Crippen LogP contribution in [0.2, 0.25) is 0 Å². The molecule has 1 fully saturated rings. The highest BCUT2D eigenvalue weighted by Crippen LogP contribution is 2.12. The summed E-state index contributed by atoms with van der Waals surface area (Å²) >= 11 is 0. The molecule has 2 N–H and O–H groups in total. The van der Waals surface area contributed by atoms with E-state index in [-0.39, 0.29) is 12.0 Å². The number of carbonyl (C=O) groups is 1. The van der Waals surface area contributed by atoms with Gasteiger partial charge >= 0.3 is 0 Å². The van der Waals surface area contributed by atoms with Crippen molar-refractivity contribution in [3.8, 4) is 5.88 Å². The zero-order chi connectivity index (χ0) is 14.9. The lowest BCUT2D eigenvalue weighted by atomic mass is 10.1. The molecule has 0 unspecified atom stereocenters. The van der Waals surface area contributed by atoms with Crippen LogP contribution in [0.5, 0.6) is 5.88 Å². The van der Waals surface area contributed by atoms with Crippen molar-refractivity contribution in [1.82, 2.24) is 10.3 Å². The number of rotatable bonds is 7. The van der Waals surface area contributed by atoms with Crippen LogP contribution >= 0.6 is 0 Å². The largest absolute Gasteiger partial charge is 0.478 e. The van der Waals surface area contributed by atoms with Crippen molar-refractivity contribution in [2.24, 2.45) is 0 Å². The first kappa shape index (κ1) is 15.7. The Morgan fingerprint density at radius 3 is 2.90 bits per heavy atom. The Morgan fingerprint density at radius 2 is 2.24 bits per heavy atom. The number of piperidine rings is 1. The van der Waals surface area contributed by atoms with Gasteiger partial charge in [-0.25, -0.2) is 4.98 Å². The van der Waals surface area contributed by atoms with Crippen LogP contribution < -0.4 is 15.4 Å². The number of hydrogen-bond donors (Lipinski definition) is 2. The Balaban J connectivity index is 1.66. The van der Waals surface area contributed by atoms with Crippen molar-refractivity contribution in [3.05, 3.63) is 18.3 Å². The first-order valence-corrected chi connectivity index (χ1v) is 7.49. The first-order valence-electron chi connectivity index (χ1n) is 7.49. The zero-order valence-corrected chi connectivity index (χ0v) is 12.4. The summed E-state index contributed by atoms with van der Waals surface area (Å²) in [6.45, 7) is 4.93. The molecule has 1 amide bonds. The summed E-state index contributed by atoms with van der Waals surface area (Å²) in [4.78, 5) is 15.9. The molecule has 0 aliphatic carbocycles. The predicted molar refractivity (Wildman–Crippen MR) is 80.5 cm³/mol. The molecule has 2 heterocycles. The van der Waals surface area contributed by atoms with Crippen molar-refractivity contribution in [2.45, 2.75) is 32.3 Å². The van der Waals surface area contributed by atoms with E-state index >= 15 is 0 Å². The molecule has 0 aromatic carbocycles. The second kappa shape index (κ2) is 8.59. The zero-order valence-electron chi connectivity index (χ0n) is 12.4. The third-order valence-corrected chi connectivity index (χ3v) is 3.28. The van der Waals surface area contributed by atoms with Gasteiger partial charge in [0.15, 0.2) is 0 Å². The number of aromatic nitrogens is 1. The van der Waals surface area contributed by atoms with Gasteiger partial charge in [0.05, 0.1) is 37.6 Å². The fourth-order valence-corrected chi connectivity index (χ4v) is 2.19. The van der Waals surface area contributed by atoms with E-state index in [2.05, 4.69) is 15.6 Å². The third kappa shape index (κ3) is 5.69. The van der Waals surface area contributed by atoms with E-state index in [0.717, 1.165) is 25.9 Å². The standard InChI is InChI=1S/C15H23N3O3/c1-2-20-15-4-3-12(11-17-15)18-14(19)7-10-21-13-5-8-16-9-6-13/h3-4,11,13,16H,2,5-10H2,1H3,(H,18,19). The van der Waals surface area contributed by atoms with Gasteiger partial charge in [0.1, 0.15) is 0 Å².